The first-order chi connectivity index (χ1) is 17.0. The second-order valence-corrected chi connectivity index (χ2v) is 10.8. The highest BCUT2D eigenvalue weighted by molar-refractivity contribution is 5.97. The Labute approximate surface area is 206 Å². The number of nitrogens with two attached hydrogens (primary N) is 1. The lowest BCUT2D eigenvalue weighted by Gasteiger charge is -2.64. The highest BCUT2D eigenvalue weighted by Crippen LogP contribution is 2.56. The van der Waals surface area contributed by atoms with Crippen LogP contribution in [-0.4, -0.2) is 54.1 Å². The van der Waals surface area contributed by atoms with Gasteiger partial charge in [-0.15, -0.1) is 0 Å². The lowest BCUT2D eigenvalue weighted by molar-refractivity contribution is -0.129. The summed E-state index contributed by atoms with van der Waals surface area (Å²) in [6.07, 6.45) is 6.79. The van der Waals surface area contributed by atoms with Crippen LogP contribution < -0.4 is 16.0 Å². The van der Waals surface area contributed by atoms with Crippen molar-refractivity contribution in [3.63, 3.8) is 0 Å². The molecule has 5 heterocycles. The first kappa shape index (κ1) is 20.9. The molecule has 5 aliphatic rings. The van der Waals surface area contributed by atoms with Gasteiger partial charge in [0.05, 0.1) is 0 Å². The van der Waals surface area contributed by atoms with Crippen LogP contribution in [0.2, 0.25) is 0 Å². The molecular weight excluding hydrogens is 434 g/mol. The van der Waals surface area contributed by atoms with Crippen molar-refractivity contribution in [1.29, 1.82) is 0 Å². The largest absolute Gasteiger partial charge is 0.383 e. The van der Waals surface area contributed by atoms with E-state index in [0.29, 0.717) is 23.9 Å². The normalized spacial score (nSPS) is 27.1. The number of aromatic nitrogens is 1. The number of benzene rings is 2. The first-order valence-electron chi connectivity index (χ1n) is 12.8. The minimum atomic E-state index is -0.00141. The molecule has 1 aliphatic carbocycles. The van der Waals surface area contributed by atoms with E-state index in [-0.39, 0.29) is 5.91 Å². The number of fused-ring (bicyclic) bond motifs is 3. The van der Waals surface area contributed by atoms with E-state index in [1.807, 2.05) is 18.3 Å². The molecule has 1 aromatic heterocycles. The van der Waals surface area contributed by atoms with Crippen molar-refractivity contribution < 1.29 is 4.79 Å². The Morgan fingerprint density at radius 3 is 2.63 bits per heavy atom. The molecule has 3 unspecified atom stereocenters. The van der Waals surface area contributed by atoms with Gasteiger partial charge in [-0.3, -0.25) is 9.69 Å². The number of hydrogen-bond donors (Lipinski definition) is 2. The molecule has 6 heteroatoms. The molecule has 4 aliphatic heterocycles. The van der Waals surface area contributed by atoms with E-state index in [9.17, 15) is 4.79 Å². The quantitative estimate of drug-likeness (QED) is 0.613. The summed E-state index contributed by atoms with van der Waals surface area (Å²) >= 11 is 0. The summed E-state index contributed by atoms with van der Waals surface area (Å²) in [6, 6.07) is 17.7. The molecule has 3 aromatic rings. The van der Waals surface area contributed by atoms with Gasteiger partial charge in [-0.1, -0.05) is 24.3 Å². The van der Waals surface area contributed by atoms with Crippen LogP contribution in [0.3, 0.4) is 0 Å². The minimum Gasteiger partial charge on any atom is -0.383 e. The molecule has 178 valence electrons. The fraction of sp³-hybridized carbons (Fsp3) is 0.379. The average Bonchev–Trinajstić information content (AvgIpc) is 3.03. The topological polar surface area (TPSA) is 74.5 Å². The van der Waals surface area contributed by atoms with Crippen molar-refractivity contribution in [2.45, 2.75) is 37.3 Å². The molecule has 3 saturated heterocycles. The zero-order chi connectivity index (χ0) is 23.7. The predicted octanol–water partition coefficient (Wildman–Crippen LogP) is 3.96. The zero-order valence-electron chi connectivity index (χ0n) is 20.1. The molecule has 8 rings (SSSR count). The van der Waals surface area contributed by atoms with Gasteiger partial charge in [0.15, 0.2) is 0 Å². The summed E-state index contributed by atoms with van der Waals surface area (Å²) in [5, 5.41) is 2.90. The van der Waals surface area contributed by atoms with Gasteiger partial charge in [-0.25, -0.2) is 4.98 Å². The third-order valence-corrected chi connectivity index (χ3v) is 9.22. The number of nitrogen functional groups attached to an aromatic ring is 1. The van der Waals surface area contributed by atoms with Crippen molar-refractivity contribution in [2.75, 3.05) is 37.3 Å². The molecule has 2 bridgehead atoms. The maximum Gasteiger partial charge on any atom is 0.251 e. The SMILES string of the molecule is CN1C2CN(c3ccc(-c4cnc(N)c(-c5ccc6c(c5)CCNC6=O)c4)cc3)CC3CCC31C2. The van der Waals surface area contributed by atoms with Crippen LogP contribution in [0.15, 0.2) is 54.7 Å². The Kier molecular flexibility index (Phi) is 4.52. The van der Waals surface area contributed by atoms with Gasteiger partial charge >= 0.3 is 0 Å². The first-order valence-corrected chi connectivity index (χ1v) is 12.8. The molecule has 6 nitrogen and oxygen atoms in total. The second kappa shape index (κ2) is 7.56. The summed E-state index contributed by atoms with van der Waals surface area (Å²) in [6.45, 7) is 2.97. The number of nitrogens with one attached hydrogen (secondary N) is 1. The highest BCUT2D eigenvalue weighted by atomic mass is 16.1. The van der Waals surface area contributed by atoms with Crippen LogP contribution >= 0.6 is 0 Å². The Morgan fingerprint density at radius 2 is 1.86 bits per heavy atom. The van der Waals surface area contributed by atoms with Gasteiger partial charge in [-0.05, 0) is 79.6 Å². The summed E-state index contributed by atoms with van der Waals surface area (Å²) < 4.78 is 0. The Balaban J connectivity index is 1.16. The maximum absolute atomic E-state index is 12.1. The lowest BCUT2D eigenvalue weighted by atomic mass is 9.58. The van der Waals surface area contributed by atoms with Crippen molar-refractivity contribution in [2.24, 2.45) is 5.92 Å². The molecule has 1 saturated carbocycles. The molecule has 4 fully saturated rings. The molecular formula is C29H31N5O. The van der Waals surface area contributed by atoms with Crippen LogP contribution in [0.25, 0.3) is 22.3 Å². The van der Waals surface area contributed by atoms with Gasteiger partial charge in [0.2, 0.25) is 0 Å². The number of nitrogens with zero attached hydrogens (tertiary/aromatic N) is 3. The van der Waals surface area contributed by atoms with Crippen LogP contribution in [0.1, 0.15) is 35.2 Å². The molecule has 1 amide bonds. The molecule has 2 aromatic carbocycles. The van der Waals surface area contributed by atoms with Crippen LogP contribution in [0.5, 0.6) is 0 Å². The number of anilines is 2. The van der Waals surface area contributed by atoms with Crippen LogP contribution in [0.4, 0.5) is 11.5 Å². The third-order valence-electron chi connectivity index (χ3n) is 9.22. The summed E-state index contributed by atoms with van der Waals surface area (Å²) in [7, 11) is 2.33. The minimum absolute atomic E-state index is 0.00141. The van der Waals surface area contributed by atoms with E-state index in [4.69, 9.17) is 5.73 Å². The summed E-state index contributed by atoms with van der Waals surface area (Å²) in [5.41, 5.74) is 14.0. The Bertz CT molecular complexity index is 1340. The average molecular weight is 466 g/mol. The fourth-order valence-corrected chi connectivity index (χ4v) is 6.93. The number of hydrogen-bond acceptors (Lipinski definition) is 5. The molecule has 1 spiro atoms. The van der Waals surface area contributed by atoms with Gasteiger partial charge in [0.1, 0.15) is 5.82 Å². The molecule has 3 N–H and O–H groups in total. The fourth-order valence-electron chi connectivity index (χ4n) is 6.93. The monoisotopic (exact) mass is 465 g/mol. The predicted molar refractivity (Wildman–Crippen MR) is 139 cm³/mol. The van der Waals surface area contributed by atoms with Gasteiger partial charge < -0.3 is 16.0 Å². The number of carbonyl (C=O) groups is 1. The van der Waals surface area contributed by atoms with Crippen molar-refractivity contribution in [1.82, 2.24) is 15.2 Å². The number of amides is 1. The van der Waals surface area contributed by atoms with Crippen molar-refractivity contribution in [3.8, 4) is 22.3 Å². The standard InChI is InChI=1S/C29H31N5O/c1-33-24-14-29(33)10-8-22(29)16-34(17-24)23-5-2-18(3-6-23)21-13-26(27(30)32-15-21)19-4-7-25-20(12-19)9-11-31-28(25)35/h2-7,12-13,15,22,24H,8-11,14,16-17H2,1H3,(H2,30,32)(H,31,35). The smallest absolute Gasteiger partial charge is 0.251 e. The van der Waals surface area contributed by atoms with E-state index in [0.717, 1.165) is 52.3 Å². The van der Waals surface area contributed by atoms with Gasteiger partial charge in [0, 0.05) is 59.8 Å². The maximum atomic E-state index is 12.1. The lowest BCUT2D eigenvalue weighted by Crippen LogP contribution is -2.71. The van der Waals surface area contributed by atoms with Gasteiger partial charge in [-0.2, -0.15) is 0 Å². The Morgan fingerprint density at radius 1 is 1.03 bits per heavy atom. The van der Waals surface area contributed by atoms with E-state index in [2.05, 4.69) is 63.5 Å². The number of pyridine rings is 1. The molecule has 0 radical (unpaired) electrons. The van der Waals surface area contributed by atoms with E-state index >= 15 is 0 Å². The summed E-state index contributed by atoms with van der Waals surface area (Å²) in [4.78, 5) is 21.9. The van der Waals surface area contributed by atoms with Crippen molar-refractivity contribution >= 4 is 17.4 Å². The van der Waals surface area contributed by atoms with E-state index in [1.165, 1.54) is 31.5 Å². The number of rotatable bonds is 3. The van der Waals surface area contributed by atoms with Crippen molar-refractivity contribution in [3.05, 3.63) is 65.9 Å². The Hall–Kier alpha value is -3.38. The van der Waals surface area contributed by atoms with E-state index in [1.54, 1.807) is 0 Å². The second-order valence-electron chi connectivity index (χ2n) is 10.8. The highest BCUT2D eigenvalue weighted by Gasteiger charge is 2.61. The van der Waals surface area contributed by atoms with Crippen LogP contribution in [0, 0.1) is 5.92 Å². The molecule has 35 heavy (non-hydrogen) atoms. The summed E-state index contributed by atoms with van der Waals surface area (Å²) in [5.74, 6) is 1.31. The third kappa shape index (κ3) is 3.12. The molecule has 3 atom stereocenters. The van der Waals surface area contributed by atoms with Gasteiger partial charge in [0.25, 0.3) is 5.91 Å². The zero-order valence-corrected chi connectivity index (χ0v) is 20.1. The number of likely N-dealkylation sites (N-methyl/N-ethyl adjacent to an activating group) is 1. The van der Waals surface area contributed by atoms with Crippen LogP contribution in [-0.2, 0) is 6.42 Å². The number of carbonyl (C=O) groups excluding carboxylic acids is 1. The van der Waals surface area contributed by atoms with E-state index < -0.39 is 0 Å².